The molecule has 6 heteroatoms. The van der Waals surface area contributed by atoms with E-state index in [1.807, 2.05) is 0 Å². The van der Waals surface area contributed by atoms with E-state index in [9.17, 15) is 0 Å². The van der Waals surface area contributed by atoms with E-state index in [2.05, 4.69) is 17.2 Å². The molecule has 0 unspecified atom stereocenters. The Morgan fingerprint density at radius 3 is 3.00 bits per heavy atom. The van der Waals surface area contributed by atoms with E-state index < -0.39 is 0 Å². The summed E-state index contributed by atoms with van der Waals surface area (Å²) < 4.78 is 10.7. The summed E-state index contributed by atoms with van der Waals surface area (Å²) in [5, 5.41) is 3.99. The monoisotopic (exact) mass is 300 g/mol. The van der Waals surface area contributed by atoms with Gasteiger partial charge in [-0.05, 0) is 25.1 Å². The molecular weight excluding hydrogens is 287 g/mol. The lowest BCUT2D eigenvalue weighted by atomic mass is 10.3. The normalized spacial score (nSPS) is 10.7. The Kier molecular flexibility index (Phi) is 5.07. The van der Waals surface area contributed by atoms with Gasteiger partial charge in [-0.25, -0.2) is 0 Å². The molecule has 102 valence electrons. The molecule has 0 radical (unpaired) electrons. The van der Waals surface area contributed by atoms with E-state index in [-0.39, 0.29) is 6.08 Å². The number of nitrogens with zero attached hydrogens (tertiary/aromatic N) is 1. The van der Waals surface area contributed by atoms with E-state index in [1.165, 1.54) is 0 Å². The van der Waals surface area contributed by atoms with Crippen LogP contribution in [0.2, 0.25) is 10.0 Å². The highest BCUT2D eigenvalue weighted by Crippen LogP contribution is 2.34. The van der Waals surface area contributed by atoms with Crippen molar-refractivity contribution in [3.63, 3.8) is 0 Å². The molecule has 0 amide bonds. The van der Waals surface area contributed by atoms with Crippen LogP contribution in [-0.2, 0) is 6.54 Å². The minimum Gasteiger partial charge on any atom is -0.417 e. The van der Waals surface area contributed by atoms with Crippen molar-refractivity contribution in [2.45, 2.75) is 19.9 Å². The quantitative estimate of drug-likeness (QED) is 0.809. The number of ether oxygens (including phenoxy) is 1. The Balaban J connectivity index is 2.01. The van der Waals surface area contributed by atoms with Crippen molar-refractivity contribution in [1.82, 2.24) is 10.3 Å². The Morgan fingerprint density at radius 1 is 1.37 bits per heavy atom. The zero-order chi connectivity index (χ0) is 13.7. The largest absolute Gasteiger partial charge is 0.417 e. The standard InChI is InChI=1S/C13H14Cl2N2O2/c1-2-6-16-7-9-8-18-13(17-9)19-11-5-3-4-10(14)12(11)15/h3-5,8,16H,2,6-7H2,1H3. The summed E-state index contributed by atoms with van der Waals surface area (Å²) in [6, 6.07) is 5.13. The van der Waals surface area contributed by atoms with E-state index in [1.54, 1.807) is 24.5 Å². The van der Waals surface area contributed by atoms with Crippen LogP contribution in [0.5, 0.6) is 11.8 Å². The van der Waals surface area contributed by atoms with Crippen LogP contribution in [0.3, 0.4) is 0 Å². The molecule has 19 heavy (non-hydrogen) atoms. The van der Waals surface area contributed by atoms with Crippen LogP contribution in [0.15, 0.2) is 28.9 Å². The fourth-order valence-electron chi connectivity index (χ4n) is 1.47. The van der Waals surface area contributed by atoms with E-state index >= 15 is 0 Å². The van der Waals surface area contributed by atoms with Crippen molar-refractivity contribution in [3.05, 3.63) is 40.2 Å². The molecule has 1 heterocycles. The topological polar surface area (TPSA) is 47.3 Å². The van der Waals surface area contributed by atoms with Gasteiger partial charge in [-0.3, -0.25) is 0 Å². The first kappa shape index (κ1) is 14.2. The molecule has 4 nitrogen and oxygen atoms in total. The third-order valence-electron chi connectivity index (χ3n) is 2.38. The molecule has 0 aliphatic heterocycles. The fraction of sp³-hybridized carbons (Fsp3) is 0.308. The first-order valence-corrected chi connectivity index (χ1v) is 6.73. The zero-order valence-corrected chi connectivity index (χ0v) is 12.0. The van der Waals surface area contributed by atoms with Gasteiger partial charge >= 0.3 is 6.08 Å². The summed E-state index contributed by atoms with van der Waals surface area (Å²) in [6.07, 6.45) is 2.77. The van der Waals surface area contributed by atoms with Crippen molar-refractivity contribution in [3.8, 4) is 11.8 Å². The Hall–Kier alpha value is -1.23. The van der Waals surface area contributed by atoms with Crippen LogP contribution in [0.25, 0.3) is 0 Å². The van der Waals surface area contributed by atoms with Gasteiger partial charge in [-0.2, -0.15) is 4.98 Å². The lowest BCUT2D eigenvalue weighted by Gasteiger charge is -2.03. The number of rotatable bonds is 6. The van der Waals surface area contributed by atoms with Crippen LogP contribution in [-0.4, -0.2) is 11.5 Å². The second kappa shape index (κ2) is 6.80. The van der Waals surface area contributed by atoms with Crippen molar-refractivity contribution in [2.75, 3.05) is 6.54 Å². The van der Waals surface area contributed by atoms with Gasteiger partial charge < -0.3 is 14.5 Å². The summed E-state index contributed by atoms with van der Waals surface area (Å²) >= 11 is 11.9. The SMILES string of the molecule is CCCNCc1coc(Oc2cccc(Cl)c2Cl)n1. The maximum absolute atomic E-state index is 6.01. The second-order valence-electron chi connectivity index (χ2n) is 3.94. The predicted molar refractivity (Wildman–Crippen MR) is 75.0 cm³/mol. The number of hydrogen-bond donors (Lipinski definition) is 1. The lowest BCUT2D eigenvalue weighted by Crippen LogP contribution is -2.13. The molecule has 2 aromatic rings. The summed E-state index contributed by atoms with van der Waals surface area (Å²) in [4.78, 5) is 4.20. The maximum Gasteiger partial charge on any atom is 0.399 e. The molecule has 0 fully saturated rings. The van der Waals surface area contributed by atoms with Crippen molar-refractivity contribution < 1.29 is 9.15 Å². The van der Waals surface area contributed by atoms with Gasteiger partial charge in [0.15, 0.2) is 5.75 Å². The molecule has 0 saturated heterocycles. The smallest absolute Gasteiger partial charge is 0.399 e. The number of benzene rings is 1. The molecular formula is C13H14Cl2N2O2. The highest BCUT2D eigenvalue weighted by Gasteiger charge is 2.10. The molecule has 2 rings (SSSR count). The predicted octanol–water partition coefficient (Wildman–Crippen LogP) is 4.27. The molecule has 1 N–H and O–H groups in total. The molecule has 0 spiro atoms. The van der Waals surface area contributed by atoms with Crippen LogP contribution in [0.4, 0.5) is 0 Å². The van der Waals surface area contributed by atoms with Crippen molar-refractivity contribution >= 4 is 23.2 Å². The first-order chi connectivity index (χ1) is 9.20. The van der Waals surface area contributed by atoms with Gasteiger partial charge in [0.2, 0.25) is 0 Å². The van der Waals surface area contributed by atoms with Gasteiger partial charge in [0.25, 0.3) is 0 Å². The average molecular weight is 301 g/mol. The molecule has 0 aliphatic carbocycles. The second-order valence-corrected chi connectivity index (χ2v) is 4.72. The van der Waals surface area contributed by atoms with Gasteiger partial charge in [0.05, 0.1) is 10.7 Å². The lowest BCUT2D eigenvalue weighted by molar-refractivity contribution is 0.331. The summed E-state index contributed by atoms with van der Waals surface area (Å²) in [7, 11) is 0. The molecule has 0 atom stereocenters. The Morgan fingerprint density at radius 2 is 2.21 bits per heavy atom. The molecule has 0 bridgehead atoms. The minimum absolute atomic E-state index is 0.150. The van der Waals surface area contributed by atoms with Gasteiger partial charge in [0.1, 0.15) is 11.3 Å². The maximum atomic E-state index is 6.01. The van der Waals surface area contributed by atoms with E-state index in [0.29, 0.717) is 22.3 Å². The van der Waals surface area contributed by atoms with Crippen LogP contribution >= 0.6 is 23.2 Å². The summed E-state index contributed by atoms with van der Waals surface area (Å²) in [6.45, 7) is 3.68. The number of aromatic nitrogens is 1. The first-order valence-electron chi connectivity index (χ1n) is 5.97. The Bertz CT molecular complexity index is 543. The number of halogens is 2. The van der Waals surface area contributed by atoms with E-state index in [4.69, 9.17) is 32.4 Å². The molecule has 0 saturated carbocycles. The number of nitrogens with one attached hydrogen (secondary N) is 1. The third-order valence-corrected chi connectivity index (χ3v) is 3.18. The number of oxazole rings is 1. The van der Waals surface area contributed by atoms with Gasteiger partial charge in [0, 0.05) is 6.54 Å². The number of hydrogen-bond acceptors (Lipinski definition) is 4. The Labute approximate surface area is 121 Å². The van der Waals surface area contributed by atoms with Crippen molar-refractivity contribution in [1.29, 1.82) is 0 Å². The minimum atomic E-state index is 0.150. The molecule has 1 aromatic heterocycles. The molecule has 1 aromatic carbocycles. The van der Waals surface area contributed by atoms with Crippen LogP contribution in [0, 0.1) is 0 Å². The highest BCUT2D eigenvalue weighted by molar-refractivity contribution is 6.42. The van der Waals surface area contributed by atoms with Gasteiger partial charge in [-0.1, -0.05) is 36.2 Å². The third kappa shape index (κ3) is 3.86. The van der Waals surface area contributed by atoms with Crippen LogP contribution in [0.1, 0.15) is 19.0 Å². The van der Waals surface area contributed by atoms with Crippen LogP contribution < -0.4 is 10.1 Å². The fourth-order valence-corrected chi connectivity index (χ4v) is 1.80. The summed E-state index contributed by atoms with van der Waals surface area (Å²) in [5.74, 6) is 0.420. The zero-order valence-electron chi connectivity index (χ0n) is 10.5. The average Bonchev–Trinajstić information content (AvgIpc) is 2.83. The van der Waals surface area contributed by atoms with Gasteiger partial charge in [-0.15, -0.1) is 0 Å². The van der Waals surface area contributed by atoms with Crippen molar-refractivity contribution in [2.24, 2.45) is 0 Å². The summed E-state index contributed by atoms with van der Waals surface area (Å²) in [5.41, 5.74) is 0.779. The molecule has 0 aliphatic rings. The highest BCUT2D eigenvalue weighted by atomic mass is 35.5. The van der Waals surface area contributed by atoms with E-state index in [0.717, 1.165) is 18.7 Å².